The lowest BCUT2D eigenvalue weighted by Crippen LogP contribution is -2.28. The Balaban J connectivity index is 1.93. The molecular formula is C14H15BrN2. The number of nitrogens with zero attached hydrogens (tertiary/aromatic N) is 2. The zero-order chi connectivity index (χ0) is 11.8. The van der Waals surface area contributed by atoms with E-state index in [1.807, 2.05) is 12.1 Å². The summed E-state index contributed by atoms with van der Waals surface area (Å²) in [5, 5.41) is 9.29. The molecule has 0 atom stereocenters. The third kappa shape index (κ3) is 2.32. The van der Waals surface area contributed by atoms with Crippen molar-refractivity contribution in [3.8, 4) is 6.07 Å². The van der Waals surface area contributed by atoms with Crippen LogP contribution in [0, 0.1) is 17.2 Å². The molecule has 0 aliphatic heterocycles. The van der Waals surface area contributed by atoms with E-state index in [4.69, 9.17) is 0 Å². The quantitative estimate of drug-likeness (QED) is 0.845. The highest BCUT2D eigenvalue weighted by Crippen LogP contribution is 2.39. The van der Waals surface area contributed by atoms with Crippen LogP contribution in [0.15, 0.2) is 22.7 Å². The van der Waals surface area contributed by atoms with E-state index in [1.165, 1.54) is 25.7 Å². The fourth-order valence-corrected chi connectivity index (χ4v) is 2.72. The predicted octanol–water partition coefficient (Wildman–Crippen LogP) is 3.70. The number of benzene rings is 1. The first-order valence-corrected chi connectivity index (χ1v) is 7.04. The van der Waals surface area contributed by atoms with E-state index in [1.54, 1.807) is 0 Å². The maximum Gasteiger partial charge on any atom is 0.103 e. The molecule has 0 radical (unpaired) electrons. The first-order valence-electron chi connectivity index (χ1n) is 6.25. The van der Waals surface area contributed by atoms with Gasteiger partial charge in [0.25, 0.3) is 0 Å². The van der Waals surface area contributed by atoms with E-state index in [9.17, 15) is 5.26 Å². The molecule has 2 aliphatic rings. The Labute approximate surface area is 110 Å². The number of hydrogen-bond donors (Lipinski definition) is 0. The lowest BCUT2D eigenvalue weighted by molar-refractivity contribution is 0.718. The number of halogens is 1. The number of anilines is 1. The smallest absolute Gasteiger partial charge is 0.103 e. The molecule has 1 aromatic rings. The number of rotatable bonds is 4. The SMILES string of the molecule is N#Cc1c(Br)cccc1N(CC1CC1)C1CC1. The molecule has 2 fully saturated rings. The summed E-state index contributed by atoms with van der Waals surface area (Å²) in [4.78, 5) is 2.46. The topological polar surface area (TPSA) is 27.0 Å². The van der Waals surface area contributed by atoms with Crippen LogP contribution in [0.4, 0.5) is 5.69 Å². The van der Waals surface area contributed by atoms with Crippen LogP contribution in [0.5, 0.6) is 0 Å². The molecule has 0 bridgehead atoms. The summed E-state index contributed by atoms with van der Waals surface area (Å²) in [6, 6.07) is 9.08. The highest BCUT2D eigenvalue weighted by Gasteiger charge is 2.34. The van der Waals surface area contributed by atoms with Gasteiger partial charge in [-0.15, -0.1) is 0 Å². The van der Waals surface area contributed by atoms with Gasteiger partial charge in [0.2, 0.25) is 0 Å². The molecule has 17 heavy (non-hydrogen) atoms. The average molecular weight is 291 g/mol. The molecule has 88 valence electrons. The van der Waals surface area contributed by atoms with E-state index >= 15 is 0 Å². The summed E-state index contributed by atoms with van der Waals surface area (Å²) in [5.41, 5.74) is 1.91. The second-order valence-corrected chi connectivity index (χ2v) is 5.93. The van der Waals surface area contributed by atoms with Crippen molar-refractivity contribution in [1.82, 2.24) is 0 Å². The van der Waals surface area contributed by atoms with Crippen molar-refractivity contribution in [2.45, 2.75) is 31.7 Å². The predicted molar refractivity (Wildman–Crippen MR) is 71.9 cm³/mol. The molecule has 0 N–H and O–H groups in total. The van der Waals surface area contributed by atoms with Crippen LogP contribution < -0.4 is 4.90 Å². The molecule has 2 aliphatic carbocycles. The minimum absolute atomic E-state index is 0.678. The number of hydrogen-bond acceptors (Lipinski definition) is 2. The van der Waals surface area contributed by atoms with Gasteiger partial charge in [-0.3, -0.25) is 0 Å². The van der Waals surface area contributed by atoms with Gasteiger partial charge in [0, 0.05) is 17.1 Å². The summed E-state index contributed by atoms with van der Waals surface area (Å²) in [6.07, 6.45) is 5.28. The second-order valence-electron chi connectivity index (χ2n) is 5.07. The molecule has 2 nitrogen and oxygen atoms in total. The minimum atomic E-state index is 0.678. The molecule has 0 spiro atoms. The fourth-order valence-electron chi connectivity index (χ4n) is 2.27. The van der Waals surface area contributed by atoms with Crippen LogP contribution >= 0.6 is 15.9 Å². The standard InChI is InChI=1S/C14H15BrN2/c15-13-2-1-3-14(12(13)8-16)17(11-6-7-11)9-10-4-5-10/h1-3,10-11H,4-7,9H2. The van der Waals surface area contributed by atoms with E-state index in [2.05, 4.69) is 33.0 Å². The first kappa shape index (κ1) is 11.1. The van der Waals surface area contributed by atoms with Crippen LogP contribution in [0.1, 0.15) is 31.2 Å². The normalized spacial score (nSPS) is 18.8. The van der Waals surface area contributed by atoms with Gasteiger partial charge >= 0.3 is 0 Å². The van der Waals surface area contributed by atoms with E-state index in [0.717, 1.165) is 28.2 Å². The van der Waals surface area contributed by atoms with Crippen LogP contribution in [0.3, 0.4) is 0 Å². The average Bonchev–Trinajstić information content (AvgIpc) is 3.17. The fraction of sp³-hybridized carbons (Fsp3) is 0.500. The van der Waals surface area contributed by atoms with Gasteiger partial charge in [-0.25, -0.2) is 0 Å². The molecule has 2 saturated carbocycles. The summed E-state index contributed by atoms with van der Waals surface area (Å²) < 4.78 is 0.916. The monoisotopic (exact) mass is 290 g/mol. The van der Waals surface area contributed by atoms with Gasteiger partial charge in [0.15, 0.2) is 0 Å². The zero-order valence-corrected chi connectivity index (χ0v) is 11.3. The lowest BCUT2D eigenvalue weighted by Gasteiger charge is -2.26. The highest BCUT2D eigenvalue weighted by molar-refractivity contribution is 9.10. The van der Waals surface area contributed by atoms with Crippen LogP contribution in [0.25, 0.3) is 0 Å². The molecule has 0 saturated heterocycles. The zero-order valence-electron chi connectivity index (χ0n) is 9.69. The summed E-state index contributed by atoms with van der Waals surface area (Å²) in [6.45, 7) is 1.13. The van der Waals surface area contributed by atoms with Crippen molar-refractivity contribution in [2.75, 3.05) is 11.4 Å². The number of nitriles is 1. The van der Waals surface area contributed by atoms with Crippen molar-refractivity contribution >= 4 is 21.6 Å². The molecule has 3 rings (SSSR count). The Morgan fingerprint density at radius 2 is 2.06 bits per heavy atom. The Bertz CT molecular complexity index is 470. The molecule has 3 heteroatoms. The van der Waals surface area contributed by atoms with Crippen molar-refractivity contribution < 1.29 is 0 Å². The van der Waals surface area contributed by atoms with Crippen LogP contribution in [0.2, 0.25) is 0 Å². The van der Waals surface area contributed by atoms with Crippen molar-refractivity contribution in [3.63, 3.8) is 0 Å². The second kappa shape index (κ2) is 4.34. The summed E-state index contributed by atoms with van der Waals surface area (Å²) >= 11 is 3.48. The summed E-state index contributed by atoms with van der Waals surface area (Å²) in [7, 11) is 0. The Kier molecular flexibility index (Phi) is 2.84. The van der Waals surface area contributed by atoms with E-state index in [-0.39, 0.29) is 0 Å². The maximum atomic E-state index is 9.29. The first-order chi connectivity index (χ1) is 8.29. The third-order valence-corrected chi connectivity index (χ3v) is 4.21. The lowest BCUT2D eigenvalue weighted by atomic mass is 10.1. The van der Waals surface area contributed by atoms with E-state index in [0.29, 0.717) is 6.04 Å². The van der Waals surface area contributed by atoms with Gasteiger partial charge in [0.1, 0.15) is 6.07 Å². The van der Waals surface area contributed by atoms with Gasteiger partial charge in [-0.2, -0.15) is 5.26 Å². The largest absolute Gasteiger partial charge is 0.367 e. The molecule has 0 unspecified atom stereocenters. The minimum Gasteiger partial charge on any atom is -0.367 e. The van der Waals surface area contributed by atoms with Crippen LogP contribution in [-0.4, -0.2) is 12.6 Å². The maximum absolute atomic E-state index is 9.29. The Morgan fingerprint density at radius 1 is 1.29 bits per heavy atom. The van der Waals surface area contributed by atoms with Gasteiger partial charge in [0.05, 0.1) is 11.3 Å². The van der Waals surface area contributed by atoms with Crippen molar-refractivity contribution in [1.29, 1.82) is 5.26 Å². The third-order valence-electron chi connectivity index (χ3n) is 3.55. The molecule has 1 aromatic carbocycles. The van der Waals surface area contributed by atoms with Gasteiger partial charge < -0.3 is 4.90 Å². The summed E-state index contributed by atoms with van der Waals surface area (Å²) in [5.74, 6) is 0.862. The van der Waals surface area contributed by atoms with Crippen molar-refractivity contribution in [2.24, 2.45) is 5.92 Å². The Hall–Kier alpha value is -1.01. The van der Waals surface area contributed by atoms with Crippen molar-refractivity contribution in [3.05, 3.63) is 28.2 Å². The highest BCUT2D eigenvalue weighted by atomic mass is 79.9. The van der Waals surface area contributed by atoms with Crippen LogP contribution in [-0.2, 0) is 0 Å². The Morgan fingerprint density at radius 3 is 2.65 bits per heavy atom. The molecule has 0 heterocycles. The van der Waals surface area contributed by atoms with E-state index < -0.39 is 0 Å². The molecule has 0 aromatic heterocycles. The molecule has 0 amide bonds. The molecular weight excluding hydrogens is 276 g/mol. The van der Waals surface area contributed by atoms with Gasteiger partial charge in [-0.1, -0.05) is 6.07 Å². The van der Waals surface area contributed by atoms with Gasteiger partial charge in [-0.05, 0) is 59.7 Å².